The lowest BCUT2D eigenvalue weighted by Gasteiger charge is -2.29. The molecule has 1 fully saturated rings. The Morgan fingerprint density at radius 3 is 2.81 bits per heavy atom. The minimum Gasteiger partial charge on any atom is -0.421 e. The summed E-state index contributed by atoms with van der Waals surface area (Å²) in [6.07, 6.45) is 5.59. The molecule has 7 nitrogen and oxygen atoms in total. The molecule has 3 aromatic rings. The predicted molar refractivity (Wildman–Crippen MR) is 98.5 cm³/mol. The SMILES string of the molecule is CC1CCCCC1NS(=O)(=O)c1ccc2oc(=O)c3ncn(C)c3c2c1. The molecule has 0 saturated heterocycles. The molecule has 1 aliphatic rings. The Balaban J connectivity index is 1.81. The first-order valence-corrected chi connectivity index (χ1v) is 10.3. The van der Waals surface area contributed by atoms with Crippen LogP contribution in [0.25, 0.3) is 22.0 Å². The van der Waals surface area contributed by atoms with E-state index >= 15 is 0 Å². The standard InChI is InChI=1S/C18H21N3O4S/c1-11-5-3-4-6-14(11)20-26(23,24)12-7-8-15-13(9-12)17-16(18(22)25-15)19-10-21(17)2/h7-11,14,20H,3-6H2,1-2H3. The van der Waals surface area contributed by atoms with Gasteiger partial charge in [-0.25, -0.2) is 22.9 Å². The highest BCUT2D eigenvalue weighted by molar-refractivity contribution is 7.89. The van der Waals surface area contributed by atoms with Crippen molar-refractivity contribution >= 4 is 32.0 Å². The summed E-state index contributed by atoms with van der Waals surface area (Å²) in [5, 5.41) is 0.555. The molecule has 2 atom stereocenters. The topological polar surface area (TPSA) is 94.2 Å². The van der Waals surface area contributed by atoms with Gasteiger partial charge in [-0.3, -0.25) is 0 Å². The van der Waals surface area contributed by atoms with Crippen LogP contribution in [-0.4, -0.2) is 24.0 Å². The van der Waals surface area contributed by atoms with Gasteiger partial charge >= 0.3 is 5.63 Å². The zero-order valence-corrected chi connectivity index (χ0v) is 15.5. The fraction of sp³-hybridized carbons (Fsp3) is 0.444. The zero-order chi connectivity index (χ0) is 18.5. The van der Waals surface area contributed by atoms with Gasteiger partial charge in [0.15, 0.2) is 5.52 Å². The monoisotopic (exact) mass is 375 g/mol. The molecule has 1 aromatic carbocycles. The summed E-state index contributed by atoms with van der Waals surface area (Å²) in [5.74, 6) is 0.320. The Labute approximate surface area is 151 Å². The molecule has 0 aliphatic heterocycles. The molecule has 4 rings (SSSR count). The molecule has 1 saturated carbocycles. The van der Waals surface area contributed by atoms with E-state index < -0.39 is 15.6 Å². The Morgan fingerprint density at radius 2 is 2.04 bits per heavy atom. The number of nitrogens with one attached hydrogen (secondary N) is 1. The Kier molecular flexibility index (Phi) is 4.11. The highest BCUT2D eigenvalue weighted by Crippen LogP contribution is 2.27. The van der Waals surface area contributed by atoms with Crippen LogP contribution in [0, 0.1) is 5.92 Å². The number of rotatable bonds is 3. The summed E-state index contributed by atoms with van der Waals surface area (Å²) >= 11 is 0. The van der Waals surface area contributed by atoms with E-state index in [4.69, 9.17) is 4.42 Å². The van der Waals surface area contributed by atoms with E-state index in [0.717, 1.165) is 25.7 Å². The number of aryl methyl sites for hydroxylation is 1. The Morgan fingerprint density at radius 1 is 1.27 bits per heavy atom. The van der Waals surface area contributed by atoms with Crippen molar-refractivity contribution in [2.24, 2.45) is 13.0 Å². The Hall–Kier alpha value is -2.19. The first kappa shape index (κ1) is 17.2. The predicted octanol–water partition coefficient (Wildman–Crippen LogP) is 2.54. The van der Waals surface area contributed by atoms with Crippen LogP contribution in [-0.2, 0) is 17.1 Å². The van der Waals surface area contributed by atoms with E-state index in [0.29, 0.717) is 22.4 Å². The van der Waals surface area contributed by atoms with Crippen molar-refractivity contribution in [2.45, 2.75) is 43.5 Å². The van der Waals surface area contributed by atoms with E-state index in [2.05, 4.69) is 16.6 Å². The van der Waals surface area contributed by atoms with Gasteiger partial charge in [0.1, 0.15) is 5.58 Å². The van der Waals surface area contributed by atoms with Crippen molar-refractivity contribution in [3.05, 3.63) is 34.9 Å². The number of imidazole rings is 1. The van der Waals surface area contributed by atoms with Crippen molar-refractivity contribution in [2.75, 3.05) is 0 Å². The van der Waals surface area contributed by atoms with Crippen molar-refractivity contribution < 1.29 is 12.8 Å². The van der Waals surface area contributed by atoms with Crippen molar-refractivity contribution in [3.63, 3.8) is 0 Å². The number of sulfonamides is 1. The van der Waals surface area contributed by atoms with Gasteiger partial charge in [-0.1, -0.05) is 19.8 Å². The number of hydrogen-bond acceptors (Lipinski definition) is 5. The maximum Gasteiger partial charge on any atom is 0.364 e. The average Bonchev–Trinajstić information content (AvgIpc) is 2.99. The van der Waals surface area contributed by atoms with Crippen molar-refractivity contribution in [1.82, 2.24) is 14.3 Å². The first-order valence-electron chi connectivity index (χ1n) is 8.77. The highest BCUT2D eigenvalue weighted by Gasteiger charge is 2.27. The first-order chi connectivity index (χ1) is 12.4. The molecule has 8 heteroatoms. The summed E-state index contributed by atoms with van der Waals surface area (Å²) < 4.78 is 35.6. The van der Waals surface area contributed by atoms with Gasteiger partial charge in [0.25, 0.3) is 0 Å². The summed E-state index contributed by atoms with van der Waals surface area (Å²) in [6, 6.07) is 4.51. The average molecular weight is 375 g/mol. The van der Waals surface area contributed by atoms with Crippen LogP contribution in [0.1, 0.15) is 32.6 Å². The smallest absolute Gasteiger partial charge is 0.364 e. The molecule has 1 N–H and O–H groups in total. The van der Waals surface area contributed by atoms with Crippen LogP contribution in [0.4, 0.5) is 0 Å². The fourth-order valence-electron chi connectivity index (χ4n) is 3.75. The Bertz CT molecular complexity index is 1150. The third-order valence-corrected chi connectivity index (χ3v) is 6.76. The minimum absolute atomic E-state index is 0.0464. The van der Waals surface area contributed by atoms with E-state index in [1.807, 2.05) is 0 Å². The van der Waals surface area contributed by atoms with E-state index in [-0.39, 0.29) is 16.5 Å². The second kappa shape index (κ2) is 6.21. The normalized spacial score (nSPS) is 21.5. The maximum absolute atomic E-state index is 12.9. The zero-order valence-electron chi connectivity index (χ0n) is 14.7. The lowest BCUT2D eigenvalue weighted by Crippen LogP contribution is -2.40. The number of aromatic nitrogens is 2. The molecular weight excluding hydrogens is 354 g/mol. The minimum atomic E-state index is -3.66. The number of hydrogen-bond donors (Lipinski definition) is 1. The summed E-state index contributed by atoms with van der Waals surface area (Å²) in [6.45, 7) is 2.08. The molecule has 138 valence electrons. The molecule has 2 unspecified atom stereocenters. The van der Waals surface area contributed by atoms with Gasteiger partial charge in [-0.15, -0.1) is 0 Å². The van der Waals surface area contributed by atoms with Gasteiger partial charge < -0.3 is 8.98 Å². The van der Waals surface area contributed by atoms with E-state index in [1.165, 1.54) is 18.5 Å². The molecule has 0 amide bonds. The molecule has 2 aromatic heterocycles. The quantitative estimate of drug-likeness (QED) is 0.710. The van der Waals surface area contributed by atoms with E-state index in [1.54, 1.807) is 17.7 Å². The van der Waals surface area contributed by atoms with Crippen molar-refractivity contribution in [1.29, 1.82) is 0 Å². The number of benzene rings is 1. The molecule has 0 spiro atoms. The van der Waals surface area contributed by atoms with Crippen LogP contribution in [0.2, 0.25) is 0 Å². The van der Waals surface area contributed by atoms with Crippen LogP contribution >= 0.6 is 0 Å². The van der Waals surface area contributed by atoms with Gasteiger partial charge in [-0.2, -0.15) is 0 Å². The third-order valence-electron chi connectivity index (χ3n) is 5.27. The van der Waals surface area contributed by atoms with Crippen LogP contribution < -0.4 is 10.3 Å². The fourth-order valence-corrected chi connectivity index (χ4v) is 5.16. The second-order valence-electron chi connectivity index (χ2n) is 7.09. The number of nitrogens with zero attached hydrogens (tertiary/aromatic N) is 2. The second-order valence-corrected chi connectivity index (χ2v) is 8.80. The molecule has 0 bridgehead atoms. The van der Waals surface area contributed by atoms with Gasteiger partial charge in [0, 0.05) is 18.5 Å². The summed E-state index contributed by atoms with van der Waals surface area (Å²) in [5.41, 5.74) is 0.580. The van der Waals surface area contributed by atoms with Gasteiger partial charge in [-0.05, 0) is 37.0 Å². The van der Waals surface area contributed by atoms with Crippen LogP contribution in [0.5, 0.6) is 0 Å². The highest BCUT2D eigenvalue weighted by atomic mass is 32.2. The van der Waals surface area contributed by atoms with Crippen LogP contribution in [0.15, 0.2) is 38.6 Å². The number of fused-ring (bicyclic) bond motifs is 3. The van der Waals surface area contributed by atoms with Gasteiger partial charge in [0.2, 0.25) is 10.0 Å². The summed E-state index contributed by atoms with van der Waals surface area (Å²) in [4.78, 5) is 16.2. The molecule has 2 heterocycles. The van der Waals surface area contributed by atoms with E-state index in [9.17, 15) is 13.2 Å². The van der Waals surface area contributed by atoms with Crippen LogP contribution in [0.3, 0.4) is 0 Å². The lowest BCUT2D eigenvalue weighted by molar-refractivity contribution is 0.310. The van der Waals surface area contributed by atoms with Crippen molar-refractivity contribution in [3.8, 4) is 0 Å². The maximum atomic E-state index is 12.9. The van der Waals surface area contributed by atoms with Gasteiger partial charge in [0.05, 0.1) is 16.7 Å². The molecular formula is C18H21N3O4S. The third kappa shape index (κ3) is 2.83. The lowest BCUT2D eigenvalue weighted by atomic mass is 9.87. The molecule has 0 radical (unpaired) electrons. The largest absolute Gasteiger partial charge is 0.421 e. The molecule has 1 aliphatic carbocycles. The summed E-state index contributed by atoms with van der Waals surface area (Å²) in [7, 11) is -1.90. The molecule has 26 heavy (non-hydrogen) atoms.